The Morgan fingerprint density at radius 3 is 2.40 bits per heavy atom. The third-order valence-electron chi connectivity index (χ3n) is 7.00. The molecule has 0 aliphatic carbocycles. The van der Waals surface area contributed by atoms with E-state index in [9.17, 15) is 23.7 Å². The number of unbranched alkanes of at least 4 members (excludes halogenated alkanes) is 4. The van der Waals surface area contributed by atoms with Crippen LogP contribution in [0.15, 0.2) is 47.4 Å². The molecular formula is C31H49N3O8S. The van der Waals surface area contributed by atoms with Crippen molar-refractivity contribution in [1.29, 1.82) is 0 Å². The smallest absolute Gasteiger partial charge is 0.300 e. The highest BCUT2D eigenvalue weighted by atomic mass is 32.2. The van der Waals surface area contributed by atoms with Crippen molar-refractivity contribution in [1.82, 2.24) is 14.9 Å². The van der Waals surface area contributed by atoms with Crippen LogP contribution in [0.3, 0.4) is 0 Å². The number of benzene rings is 2. The van der Waals surface area contributed by atoms with E-state index in [4.69, 9.17) is 14.6 Å². The molecule has 0 aromatic heterocycles. The lowest BCUT2D eigenvalue weighted by molar-refractivity contribution is -0.134. The maximum Gasteiger partial charge on any atom is 0.300 e. The molecule has 11 nitrogen and oxygen atoms in total. The maximum atomic E-state index is 12.9. The summed E-state index contributed by atoms with van der Waals surface area (Å²) in [5.41, 5.74) is 2.14. The lowest BCUT2D eigenvalue weighted by atomic mass is 10.1. The van der Waals surface area contributed by atoms with Crippen LogP contribution in [0.5, 0.6) is 5.75 Å². The standard InChI is InChI=1S/C29H45N3O6S.C2H4O2/c33-23-26-21-25(11-12-28(26)34)29(35)22-31-13-4-1-2-5-18-38-19-6-3-8-24-9-7-10-27(20-24)39(36,37)32-16-14-30-15-17-32;1-2(3)4/h7,9-12,20-21,29-31,33-35H,1-6,8,13-19,22-23H2;1H3,(H,3,4)/t29-;/m0./s1. The molecule has 0 bridgehead atoms. The van der Waals surface area contributed by atoms with Gasteiger partial charge in [0.1, 0.15) is 5.75 Å². The van der Waals surface area contributed by atoms with Gasteiger partial charge in [0.05, 0.1) is 17.6 Å². The number of aliphatic carboxylic acids is 1. The number of ether oxygens (including phenoxy) is 1. The number of piperazine rings is 1. The van der Waals surface area contributed by atoms with E-state index in [1.807, 2.05) is 18.2 Å². The highest BCUT2D eigenvalue weighted by Crippen LogP contribution is 2.22. The average Bonchev–Trinajstić information content (AvgIpc) is 3.00. The van der Waals surface area contributed by atoms with Gasteiger partial charge in [0.15, 0.2) is 0 Å². The Hall–Kier alpha value is -2.58. The highest BCUT2D eigenvalue weighted by molar-refractivity contribution is 7.89. The van der Waals surface area contributed by atoms with Crippen molar-refractivity contribution >= 4 is 16.0 Å². The van der Waals surface area contributed by atoms with Gasteiger partial charge in [-0.25, -0.2) is 8.42 Å². The van der Waals surface area contributed by atoms with E-state index in [2.05, 4.69) is 10.6 Å². The van der Waals surface area contributed by atoms with Crippen LogP contribution in [-0.4, -0.2) is 91.6 Å². The van der Waals surface area contributed by atoms with Crippen LogP contribution < -0.4 is 10.6 Å². The van der Waals surface area contributed by atoms with E-state index in [0.717, 1.165) is 70.6 Å². The van der Waals surface area contributed by atoms with Gasteiger partial charge in [0.2, 0.25) is 10.0 Å². The SMILES string of the molecule is CC(=O)O.O=S(=O)(c1cccc(CCCCOCCCCCCNC[C@H](O)c2ccc(O)c(CO)c2)c1)N1CCNCC1. The number of sulfonamides is 1. The molecule has 0 saturated carbocycles. The average molecular weight is 624 g/mol. The Morgan fingerprint density at radius 1 is 1.02 bits per heavy atom. The molecule has 2 aromatic rings. The number of phenols is 1. The fraction of sp³-hybridized carbons (Fsp3) is 0.581. The van der Waals surface area contributed by atoms with E-state index in [-0.39, 0.29) is 12.4 Å². The summed E-state index contributed by atoms with van der Waals surface area (Å²) in [7, 11) is -3.42. The molecule has 1 saturated heterocycles. The molecule has 1 aliphatic heterocycles. The zero-order chi connectivity index (χ0) is 31.5. The van der Waals surface area contributed by atoms with Crippen molar-refractivity contribution in [3.8, 4) is 5.75 Å². The number of aromatic hydroxyl groups is 1. The predicted octanol–water partition coefficient (Wildman–Crippen LogP) is 2.79. The summed E-state index contributed by atoms with van der Waals surface area (Å²) in [6, 6.07) is 12.1. The number of aliphatic hydroxyl groups is 2. The normalized spacial score (nSPS) is 14.6. The lowest BCUT2D eigenvalue weighted by Gasteiger charge is -2.26. The molecule has 0 amide bonds. The first-order valence-corrected chi connectivity index (χ1v) is 16.5. The van der Waals surface area contributed by atoms with Crippen molar-refractivity contribution in [3.05, 3.63) is 59.2 Å². The number of nitrogens with zero attached hydrogens (tertiary/aromatic N) is 1. The van der Waals surface area contributed by atoms with Gasteiger partial charge < -0.3 is 35.8 Å². The Bertz CT molecular complexity index is 1190. The number of aryl methyl sites for hydroxylation is 1. The van der Waals surface area contributed by atoms with Crippen LogP contribution >= 0.6 is 0 Å². The minimum atomic E-state index is -3.42. The summed E-state index contributed by atoms with van der Waals surface area (Å²) in [6.45, 7) is 5.95. The molecule has 1 atom stereocenters. The number of nitrogens with one attached hydrogen (secondary N) is 2. The number of aliphatic hydroxyl groups excluding tert-OH is 2. The largest absolute Gasteiger partial charge is 0.508 e. The van der Waals surface area contributed by atoms with E-state index in [1.54, 1.807) is 22.5 Å². The summed E-state index contributed by atoms with van der Waals surface area (Å²) in [4.78, 5) is 9.39. The summed E-state index contributed by atoms with van der Waals surface area (Å²) >= 11 is 0. The molecule has 2 aromatic carbocycles. The molecule has 3 rings (SSSR count). The van der Waals surface area contributed by atoms with Crippen molar-refractivity contribution in [3.63, 3.8) is 0 Å². The van der Waals surface area contributed by atoms with Crippen molar-refractivity contribution in [2.24, 2.45) is 0 Å². The van der Waals surface area contributed by atoms with Gasteiger partial charge in [-0.3, -0.25) is 4.79 Å². The molecular weight excluding hydrogens is 574 g/mol. The van der Waals surface area contributed by atoms with Crippen molar-refractivity contribution < 1.29 is 38.4 Å². The van der Waals surface area contributed by atoms with E-state index in [1.165, 1.54) is 6.07 Å². The number of rotatable bonds is 18. The quantitative estimate of drug-likeness (QED) is 0.136. The Balaban J connectivity index is 0.00000151. The first kappa shape index (κ1) is 36.6. The Morgan fingerprint density at radius 2 is 1.70 bits per heavy atom. The van der Waals surface area contributed by atoms with E-state index in [0.29, 0.717) is 55.4 Å². The fourth-order valence-electron chi connectivity index (χ4n) is 4.63. The van der Waals surface area contributed by atoms with Gasteiger partial charge in [-0.1, -0.05) is 31.0 Å². The molecule has 43 heavy (non-hydrogen) atoms. The van der Waals surface area contributed by atoms with Gasteiger partial charge in [0.25, 0.3) is 5.97 Å². The molecule has 1 aliphatic rings. The molecule has 1 heterocycles. The van der Waals surface area contributed by atoms with Crippen LogP contribution in [0.2, 0.25) is 0 Å². The number of hydrogen-bond donors (Lipinski definition) is 6. The molecule has 12 heteroatoms. The predicted molar refractivity (Wildman–Crippen MR) is 165 cm³/mol. The molecule has 6 N–H and O–H groups in total. The number of carboxylic acid groups (broad SMARTS) is 1. The second-order valence-electron chi connectivity index (χ2n) is 10.6. The molecule has 1 fully saturated rings. The Kier molecular flexibility index (Phi) is 17.4. The van der Waals surface area contributed by atoms with Gasteiger partial charge in [-0.2, -0.15) is 4.31 Å². The minimum absolute atomic E-state index is 0.0347. The summed E-state index contributed by atoms with van der Waals surface area (Å²) in [5, 5.41) is 43.0. The summed E-state index contributed by atoms with van der Waals surface area (Å²) < 4.78 is 33.1. The monoisotopic (exact) mass is 623 g/mol. The summed E-state index contributed by atoms with van der Waals surface area (Å²) in [5.74, 6) is -0.799. The van der Waals surface area contributed by atoms with Gasteiger partial charge in [-0.05, 0) is 74.0 Å². The first-order valence-electron chi connectivity index (χ1n) is 15.0. The minimum Gasteiger partial charge on any atom is -0.508 e. The van der Waals surface area contributed by atoms with E-state index >= 15 is 0 Å². The van der Waals surface area contributed by atoms with Crippen LogP contribution in [0, 0.1) is 0 Å². The first-order chi connectivity index (χ1) is 20.6. The van der Waals surface area contributed by atoms with Crippen molar-refractivity contribution in [2.45, 2.75) is 69.5 Å². The molecule has 242 valence electrons. The van der Waals surface area contributed by atoms with Crippen LogP contribution in [0.4, 0.5) is 0 Å². The molecule has 0 radical (unpaired) electrons. The maximum absolute atomic E-state index is 12.9. The number of carboxylic acids is 1. The van der Waals surface area contributed by atoms with Crippen LogP contribution in [0.25, 0.3) is 0 Å². The van der Waals surface area contributed by atoms with E-state index < -0.39 is 22.1 Å². The number of hydrogen-bond acceptors (Lipinski definition) is 9. The second kappa shape index (κ2) is 20.4. The van der Waals surface area contributed by atoms with Gasteiger partial charge >= 0.3 is 0 Å². The lowest BCUT2D eigenvalue weighted by Crippen LogP contribution is -2.46. The fourth-order valence-corrected chi connectivity index (χ4v) is 6.15. The highest BCUT2D eigenvalue weighted by Gasteiger charge is 2.25. The molecule has 0 spiro atoms. The van der Waals surface area contributed by atoms with Crippen LogP contribution in [-0.2, 0) is 32.6 Å². The topological polar surface area (TPSA) is 169 Å². The third-order valence-corrected chi connectivity index (χ3v) is 8.90. The van der Waals surface area contributed by atoms with Crippen molar-refractivity contribution in [2.75, 3.05) is 52.5 Å². The third kappa shape index (κ3) is 14.2. The van der Waals surface area contributed by atoms with Gasteiger partial charge in [0, 0.05) is 58.4 Å². The zero-order valence-electron chi connectivity index (χ0n) is 25.2. The number of carbonyl (C=O) groups is 1. The Labute approximate surface area is 255 Å². The zero-order valence-corrected chi connectivity index (χ0v) is 26.0. The van der Waals surface area contributed by atoms with Crippen LogP contribution in [0.1, 0.15) is 68.2 Å². The summed E-state index contributed by atoms with van der Waals surface area (Å²) in [6.07, 6.45) is 6.29. The van der Waals surface area contributed by atoms with Gasteiger partial charge in [-0.15, -0.1) is 0 Å². The second-order valence-corrected chi connectivity index (χ2v) is 12.5. The molecule has 0 unspecified atom stereocenters.